The van der Waals surface area contributed by atoms with Crippen LogP contribution in [0.25, 0.3) is 0 Å². The van der Waals surface area contributed by atoms with Crippen molar-refractivity contribution in [2.45, 2.75) is 25.9 Å². The Bertz CT molecular complexity index is 551. The second kappa shape index (κ2) is 6.78. The second-order valence-electron chi connectivity index (χ2n) is 5.05. The van der Waals surface area contributed by atoms with E-state index in [1.807, 2.05) is 18.2 Å². The molecule has 106 valence electrons. The summed E-state index contributed by atoms with van der Waals surface area (Å²) in [5.74, 6) is 0. The number of hydrogen-bond acceptors (Lipinski definition) is 2. The zero-order valence-electron chi connectivity index (χ0n) is 12.0. The number of anilines is 1. The highest BCUT2D eigenvalue weighted by Crippen LogP contribution is 2.22. The van der Waals surface area contributed by atoms with Gasteiger partial charge in [0.15, 0.2) is 0 Å². The molecular weight excluding hydrogens is 268 g/mol. The molecule has 3 heteroatoms. The molecule has 0 saturated carbocycles. The maximum absolute atomic E-state index is 6.20. The maximum Gasteiger partial charge on any atom is 0.0455 e. The summed E-state index contributed by atoms with van der Waals surface area (Å²) in [6, 6.07) is 16.5. The van der Waals surface area contributed by atoms with E-state index >= 15 is 0 Å². The molecule has 0 aliphatic carbocycles. The molecule has 20 heavy (non-hydrogen) atoms. The monoisotopic (exact) mass is 288 g/mol. The molecule has 0 radical (unpaired) electrons. The van der Waals surface area contributed by atoms with Gasteiger partial charge >= 0.3 is 0 Å². The molecule has 0 aliphatic rings. The fourth-order valence-corrected chi connectivity index (χ4v) is 2.38. The van der Waals surface area contributed by atoms with Crippen LogP contribution in [0, 0.1) is 0 Å². The zero-order chi connectivity index (χ0) is 14.5. The normalized spacial score (nSPS) is 12.2. The average Bonchev–Trinajstić information content (AvgIpc) is 2.49. The maximum atomic E-state index is 6.20. The van der Waals surface area contributed by atoms with E-state index in [9.17, 15) is 0 Å². The van der Waals surface area contributed by atoms with E-state index in [1.54, 1.807) is 0 Å². The first-order valence-corrected chi connectivity index (χ1v) is 7.29. The van der Waals surface area contributed by atoms with Crippen LogP contribution >= 0.6 is 11.6 Å². The lowest BCUT2D eigenvalue weighted by Crippen LogP contribution is -2.17. The Morgan fingerprint density at radius 3 is 2.35 bits per heavy atom. The van der Waals surface area contributed by atoms with Gasteiger partial charge in [0.1, 0.15) is 0 Å². The Hall–Kier alpha value is -1.51. The number of halogens is 1. The summed E-state index contributed by atoms with van der Waals surface area (Å²) in [6.07, 6.45) is 0.953. The lowest BCUT2D eigenvalue weighted by Gasteiger charge is -2.21. The van der Waals surface area contributed by atoms with E-state index < -0.39 is 0 Å². The quantitative estimate of drug-likeness (QED) is 0.884. The van der Waals surface area contributed by atoms with E-state index in [0.717, 1.165) is 29.2 Å². The predicted molar refractivity (Wildman–Crippen MR) is 87.2 cm³/mol. The van der Waals surface area contributed by atoms with E-state index in [4.69, 9.17) is 17.3 Å². The molecule has 0 amide bonds. The van der Waals surface area contributed by atoms with Gasteiger partial charge in [0.05, 0.1) is 0 Å². The summed E-state index contributed by atoms with van der Waals surface area (Å²) in [5, 5.41) is 0.809. The van der Waals surface area contributed by atoms with Crippen molar-refractivity contribution in [2.24, 2.45) is 5.73 Å². The van der Waals surface area contributed by atoms with Gasteiger partial charge in [-0.25, -0.2) is 0 Å². The van der Waals surface area contributed by atoms with Gasteiger partial charge in [-0.15, -0.1) is 0 Å². The van der Waals surface area contributed by atoms with E-state index in [1.165, 1.54) is 5.56 Å². The smallest absolute Gasteiger partial charge is 0.0455 e. The van der Waals surface area contributed by atoms with Crippen molar-refractivity contribution in [3.8, 4) is 0 Å². The second-order valence-corrected chi connectivity index (χ2v) is 5.46. The highest BCUT2D eigenvalue weighted by molar-refractivity contribution is 6.31. The van der Waals surface area contributed by atoms with Crippen LogP contribution in [0.5, 0.6) is 0 Å². The Morgan fingerprint density at radius 2 is 1.75 bits per heavy atom. The van der Waals surface area contributed by atoms with Crippen LogP contribution in [0.3, 0.4) is 0 Å². The molecular formula is C17H21ClN2. The summed E-state index contributed by atoms with van der Waals surface area (Å²) in [4.78, 5) is 2.18. The molecule has 1 atom stereocenters. The molecule has 2 aromatic carbocycles. The van der Waals surface area contributed by atoms with Gasteiger partial charge in [-0.3, -0.25) is 0 Å². The molecule has 0 fully saturated rings. The molecule has 2 rings (SSSR count). The minimum atomic E-state index is 0.123. The highest BCUT2D eigenvalue weighted by atomic mass is 35.5. The molecule has 0 bridgehead atoms. The summed E-state index contributed by atoms with van der Waals surface area (Å²) < 4.78 is 0. The fourth-order valence-electron chi connectivity index (χ4n) is 2.19. The van der Waals surface area contributed by atoms with Crippen molar-refractivity contribution in [1.82, 2.24) is 0 Å². The number of rotatable bonds is 5. The van der Waals surface area contributed by atoms with Gasteiger partial charge in [-0.2, -0.15) is 0 Å². The number of hydrogen-bond donors (Lipinski definition) is 1. The minimum Gasteiger partial charge on any atom is -0.370 e. The molecule has 2 aromatic rings. The third kappa shape index (κ3) is 3.53. The first-order valence-electron chi connectivity index (χ1n) is 6.92. The minimum absolute atomic E-state index is 0.123. The van der Waals surface area contributed by atoms with Crippen molar-refractivity contribution in [2.75, 3.05) is 11.9 Å². The van der Waals surface area contributed by atoms with Gasteiger partial charge < -0.3 is 10.6 Å². The van der Waals surface area contributed by atoms with Gasteiger partial charge in [-0.05, 0) is 35.7 Å². The standard InChI is InChI=1S/C17H21ClN2/c1-3-17(19)13-8-10-15(11-9-13)20(2)12-14-6-4-5-7-16(14)18/h4-11,17H,3,12,19H2,1-2H3/t17-/m0/s1. The first-order chi connectivity index (χ1) is 9.61. The van der Waals surface area contributed by atoms with Crippen LogP contribution < -0.4 is 10.6 Å². The zero-order valence-corrected chi connectivity index (χ0v) is 12.8. The van der Waals surface area contributed by atoms with Crippen LogP contribution in [-0.2, 0) is 6.54 Å². The van der Waals surface area contributed by atoms with Crippen molar-refractivity contribution in [1.29, 1.82) is 0 Å². The predicted octanol–water partition coefficient (Wildman–Crippen LogP) is 4.39. The Kier molecular flexibility index (Phi) is 5.05. The largest absolute Gasteiger partial charge is 0.370 e. The van der Waals surface area contributed by atoms with Crippen LogP contribution in [0.4, 0.5) is 5.69 Å². The van der Waals surface area contributed by atoms with Crippen molar-refractivity contribution >= 4 is 17.3 Å². The molecule has 0 aromatic heterocycles. The Morgan fingerprint density at radius 1 is 1.10 bits per heavy atom. The summed E-state index contributed by atoms with van der Waals surface area (Å²) in [6.45, 7) is 2.89. The number of nitrogens with two attached hydrogens (primary N) is 1. The van der Waals surface area contributed by atoms with Gasteiger partial charge in [0.25, 0.3) is 0 Å². The van der Waals surface area contributed by atoms with Gasteiger partial charge in [0, 0.05) is 30.3 Å². The van der Waals surface area contributed by atoms with Gasteiger partial charge in [-0.1, -0.05) is 48.9 Å². The summed E-state index contributed by atoms with van der Waals surface area (Å²) in [7, 11) is 2.07. The molecule has 2 N–H and O–H groups in total. The molecule has 0 saturated heterocycles. The van der Waals surface area contributed by atoms with E-state index in [0.29, 0.717) is 0 Å². The van der Waals surface area contributed by atoms with Crippen molar-refractivity contribution in [3.63, 3.8) is 0 Å². The number of benzene rings is 2. The third-order valence-corrected chi connectivity index (χ3v) is 3.94. The van der Waals surface area contributed by atoms with E-state index in [2.05, 4.69) is 49.2 Å². The SMILES string of the molecule is CC[C@H](N)c1ccc(N(C)Cc2ccccc2Cl)cc1. The van der Waals surface area contributed by atoms with Crippen LogP contribution in [0.15, 0.2) is 48.5 Å². The molecule has 0 aliphatic heterocycles. The number of nitrogens with zero attached hydrogens (tertiary/aromatic N) is 1. The third-order valence-electron chi connectivity index (χ3n) is 3.57. The van der Waals surface area contributed by atoms with Crippen LogP contribution in [0.1, 0.15) is 30.5 Å². The topological polar surface area (TPSA) is 29.3 Å². The van der Waals surface area contributed by atoms with Crippen LogP contribution in [0.2, 0.25) is 5.02 Å². The highest BCUT2D eigenvalue weighted by Gasteiger charge is 2.07. The summed E-state index contributed by atoms with van der Waals surface area (Å²) >= 11 is 6.20. The van der Waals surface area contributed by atoms with Crippen LogP contribution in [-0.4, -0.2) is 7.05 Å². The Labute approximate surface area is 126 Å². The van der Waals surface area contributed by atoms with Crippen molar-refractivity contribution < 1.29 is 0 Å². The average molecular weight is 289 g/mol. The summed E-state index contributed by atoms with van der Waals surface area (Å²) in [5.41, 5.74) is 9.51. The lowest BCUT2D eigenvalue weighted by atomic mass is 10.1. The lowest BCUT2D eigenvalue weighted by molar-refractivity contribution is 0.698. The fraction of sp³-hybridized carbons (Fsp3) is 0.294. The first kappa shape index (κ1) is 14.9. The molecule has 2 nitrogen and oxygen atoms in total. The van der Waals surface area contributed by atoms with Crippen molar-refractivity contribution in [3.05, 3.63) is 64.7 Å². The van der Waals surface area contributed by atoms with E-state index in [-0.39, 0.29) is 6.04 Å². The Balaban J connectivity index is 2.10. The molecule has 0 spiro atoms. The molecule has 0 unspecified atom stereocenters. The van der Waals surface area contributed by atoms with Gasteiger partial charge in [0.2, 0.25) is 0 Å². The molecule has 0 heterocycles.